The van der Waals surface area contributed by atoms with Crippen LogP contribution in [0.15, 0.2) is 0 Å². The molecule has 0 unspecified atom stereocenters. The molecule has 1 aliphatic rings. The van der Waals surface area contributed by atoms with E-state index in [1.165, 1.54) is 25.9 Å². The Morgan fingerprint density at radius 2 is 1.83 bits per heavy atom. The van der Waals surface area contributed by atoms with Gasteiger partial charge in [-0.1, -0.05) is 6.92 Å². The Morgan fingerprint density at radius 3 is 2.39 bits per heavy atom. The summed E-state index contributed by atoms with van der Waals surface area (Å²) in [6.07, 6.45) is 4.11. The maximum atomic E-state index is 11.7. The maximum absolute atomic E-state index is 11.7. The van der Waals surface area contributed by atoms with Crippen molar-refractivity contribution in [3.05, 3.63) is 0 Å². The van der Waals surface area contributed by atoms with Crippen LogP contribution in [-0.4, -0.2) is 74.0 Å². The lowest BCUT2D eigenvalue weighted by Gasteiger charge is -2.35. The molecule has 0 N–H and O–H groups in total. The molecular weight excluding hydrogens is 226 g/mol. The van der Waals surface area contributed by atoms with E-state index in [4.69, 9.17) is 0 Å². The average molecular weight is 255 g/mol. The largest absolute Gasteiger partial charge is 0.344 e. The standard InChI is InChI=1S/C14H29N3O/c1-5-6-14(18)17(4)12-11-16(3)13-7-9-15(2)10-8-13/h13H,5-12H2,1-4H3. The highest BCUT2D eigenvalue weighted by molar-refractivity contribution is 5.75. The van der Waals surface area contributed by atoms with Gasteiger partial charge in [-0.25, -0.2) is 0 Å². The third-order valence-corrected chi connectivity index (χ3v) is 3.99. The second kappa shape index (κ2) is 7.74. The van der Waals surface area contributed by atoms with Crippen LogP contribution in [0.3, 0.4) is 0 Å². The number of likely N-dealkylation sites (N-methyl/N-ethyl adjacent to an activating group) is 2. The van der Waals surface area contributed by atoms with Gasteiger partial charge in [-0.3, -0.25) is 4.79 Å². The molecule has 1 saturated heterocycles. The van der Waals surface area contributed by atoms with E-state index < -0.39 is 0 Å². The molecule has 0 spiro atoms. The lowest BCUT2D eigenvalue weighted by molar-refractivity contribution is -0.130. The Bertz CT molecular complexity index is 249. The number of carbonyl (C=O) groups excluding carboxylic acids is 1. The summed E-state index contributed by atoms with van der Waals surface area (Å²) in [6, 6.07) is 0.691. The van der Waals surface area contributed by atoms with Crippen LogP contribution in [-0.2, 0) is 4.79 Å². The Balaban J connectivity index is 2.23. The second-order valence-electron chi connectivity index (χ2n) is 5.58. The van der Waals surface area contributed by atoms with E-state index in [0.29, 0.717) is 12.5 Å². The molecule has 0 aromatic carbocycles. The summed E-state index contributed by atoms with van der Waals surface area (Å²) < 4.78 is 0. The molecule has 1 heterocycles. The molecule has 0 atom stereocenters. The van der Waals surface area contributed by atoms with Crippen LogP contribution in [0.25, 0.3) is 0 Å². The van der Waals surface area contributed by atoms with Crippen molar-refractivity contribution in [3.8, 4) is 0 Å². The highest BCUT2D eigenvalue weighted by atomic mass is 16.2. The fourth-order valence-electron chi connectivity index (χ4n) is 2.46. The number of piperidine rings is 1. The molecule has 1 amide bonds. The molecule has 0 aliphatic carbocycles. The van der Waals surface area contributed by atoms with Gasteiger partial charge in [0.05, 0.1) is 0 Å². The van der Waals surface area contributed by atoms with Crippen LogP contribution in [0.5, 0.6) is 0 Å². The first kappa shape index (κ1) is 15.4. The molecular formula is C14H29N3O. The summed E-state index contributed by atoms with van der Waals surface area (Å²) in [5.74, 6) is 0.272. The monoisotopic (exact) mass is 255 g/mol. The van der Waals surface area contributed by atoms with Gasteiger partial charge in [-0.15, -0.1) is 0 Å². The third kappa shape index (κ3) is 4.94. The molecule has 1 aliphatic heterocycles. The first-order chi connectivity index (χ1) is 8.54. The molecule has 106 valence electrons. The zero-order chi connectivity index (χ0) is 13.5. The van der Waals surface area contributed by atoms with Crippen molar-refractivity contribution < 1.29 is 4.79 Å². The minimum Gasteiger partial charge on any atom is -0.344 e. The number of likely N-dealkylation sites (tertiary alicyclic amines) is 1. The first-order valence-electron chi connectivity index (χ1n) is 7.17. The molecule has 1 fully saturated rings. The molecule has 0 bridgehead atoms. The topological polar surface area (TPSA) is 26.8 Å². The maximum Gasteiger partial charge on any atom is 0.222 e. The van der Waals surface area contributed by atoms with Gasteiger partial charge in [0.15, 0.2) is 0 Å². The van der Waals surface area contributed by atoms with Crippen LogP contribution < -0.4 is 0 Å². The number of carbonyl (C=O) groups is 1. The predicted molar refractivity (Wildman–Crippen MR) is 75.7 cm³/mol. The van der Waals surface area contributed by atoms with Crippen molar-refractivity contribution in [2.24, 2.45) is 0 Å². The quantitative estimate of drug-likeness (QED) is 0.715. The highest BCUT2D eigenvalue weighted by Crippen LogP contribution is 2.13. The van der Waals surface area contributed by atoms with E-state index in [1.54, 1.807) is 0 Å². The van der Waals surface area contributed by atoms with Crippen molar-refractivity contribution in [3.63, 3.8) is 0 Å². The van der Waals surface area contributed by atoms with E-state index >= 15 is 0 Å². The van der Waals surface area contributed by atoms with E-state index in [0.717, 1.165) is 19.5 Å². The summed E-state index contributed by atoms with van der Waals surface area (Å²) in [4.78, 5) is 18.4. The average Bonchev–Trinajstić information content (AvgIpc) is 2.36. The van der Waals surface area contributed by atoms with E-state index in [1.807, 2.05) is 11.9 Å². The number of rotatable bonds is 6. The molecule has 0 aromatic heterocycles. The van der Waals surface area contributed by atoms with Gasteiger partial charge in [0, 0.05) is 32.6 Å². The van der Waals surface area contributed by atoms with Crippen LogP contribution in [0.1, 0.15) is 32.6 Å². The van der Waals surface area contributed by atoms with Crippen LogP contribution >= 0.6 is 0 Å². The normalized spacial score (nSPS) is 18.3. The minimum atomic E-state index is 0.272. The molecule has 0 saturated carbocycles. The zero-order valence-electron chi connectivity index (χ0n) is 12.5. The second-order valence-corrected chi connectivity index (χ2v) is 5.58. The van der Waals surface area contributed by atoms with Crippen LogP contribution in [0.2, 0.25) is 0 Å². The van der Waals surface area contributed by atoms with Gasteiger partial charge in [0.1, 0.15) is 0 Å². The SMILES string of the molecule is CCCC(=O)N(C)CCN(C)C1CCN(C)CC1. The van der Waals surface area contributed by atoms with Gasteiger partial charge in [0.25, 0.3) is 0 Å². The van der Waals surface area contributed by atoms with E-state index in [9.17, 15) is 4.79 Å². The Kier molecular flexibility index (Phi) is 6.65. The molecule has 4 nitrogen and oxygen atoms in total. The van der Waals surface area contributed by atoms with Crippen LogP contribution in [0, 0.1) is 0 Å². The van der Waals surface area contributed by atoms with Crippen LogP contribution in [0.4, 0.5) is 0 Å². The van der Waals surface area contributed by atoms with E-state index in [2.05, 4.69) is 30.8 Å². The van der Waals surface area contributed by atoms with Crippen molar-refractivity contribution in [1.29, 1.82) is 0 Å². The van der Waals surface area contributed by atoms with Gasteiger partial charge in [0.2, 0.25) is 5.91 Å². The third-order valence-electron chi connectivity index (χ3n) is 3.99. The van der Waals surface area contributed by atoms with Gasteiger partial charge < -0.3 is 14.7 Å². The summed E-state index contributed by atoms with van der Waals surface area (Å²) >= 11 is 0. The number of hydrogen-bond acceptors (Lipinski definition) is 3. The van der Waals surface area contributed by atoms with E-state index in [-0.39, 0.29) is 5.91 Å². The van der Waals surface area contributed by atoms with Crippen molar-refractivity contribution in [2.75, 3.05) is 47.3 Å². The van der Waals surface area contributed by atoms with Crippen molar-refractivity contribution in [2.45, 2.75) is 38.6 Å². The van der Waals surface area contributed by atoms with Gasteiger partial charge in [-0.05, 0) is 46.4 Å². The van der Waals surface area contributed by atoms with Crippen molar-refractivity contribution >= 4 is 5.91 Å². The Labute approximate surface area is 112 Å². The van der Waals surface area contributed by atoms with Gasteiger partial charge in [-0.2, -0.15) is 0 Å². The molecule has 0 radical (unpaired) electrons. The zero-order valence-corrected chi connectivity index (χ0v) is 12.5. The summed E-state index contributed by atoms with van der Waals surface area (Å²) in [6.45, 7) is 6.28. The summed E-state index contributed by atoms with van der Waals surface area (Å²) in [5.41, 5.74) is 0. The first-order valence-corrected chi connectivity index (χ1v) is 7.17. The summed E-state index contributed by atoms with van der Waals surface area (Å²) in [7, 11) is 6.29. The smallest absolute Gasteiger partial charge is 0.222 e. The number of hydrogen-bond donors (Lipinski definition) is 0. The predicted octanol–water partition coefficient (Wildman–Crippen LogP) is 1.27. The summed E-state index contributed by atoms with van der Waals surface area (Å²) in [5, 5.41) is 0. The highest BCUT2D eigenvalue weighted by Gasteiger charge is 2.20. The number of amides is 1. The molecule has 4 heteroatoms. The Morgan fingerprint density at radius 1 is 1.22 bits per heavy atom. The fourth-order valence-corrected chi connectivity index (χ4v) is 2.46. The lowest BCUT2D eigenvalue weighted by Crippen LogP contribution is -2.44. The Hall–Kier alpha value is -0.610. The minimum absolute atomic E-state index is 0.272. The lowest BCUT2D eigenvalue weighted by atomic mass is 10.0. The van der Waals surface area contributed by atoms with Gasteiger partial charge >= 0.3 is 0 Å². The molecule has 18 heavy (non-hydrogen) atoms. The molecule has 1 rings (SSSR count). The fraction of sp³-hybridized carbons (Fsp3) is 0.929. The number of nitrogens with zero attached hydrogens (tertiary/aromatic N) is 3. The molecule has 0 aromatic rings. The van der Waals surface area contributed by atoms with Crippen molar-refractivity contribution in [1.82, 2.24) is 14.7 Å².